The molecule has 1 aromatic carbocycles. The number of thiol groups is 1. The number of carbonyl (C=O) groups is 1. The number of aliphatic hydroxyl groups is 1. The maximum atomic E-state index is 13.4. The Hall–Kier alpha value is -1.07. The predicted molar refractivity (Wildman–Crippen MR) is 64.7 cm³/mol. The fraction of sp³-hybridized carbons (Fsp3) is 0.417. The first-order chi connectivity index (χ1) is 8.06. The molecule has 3 nitrogen and oxygen atoms in total. The molecular formula is C12H14FNO2S. The molecule has 1 aliphatic rings. The van der Waals surface area contributed by atoms with Crippen LogP contribution in [0.1, 0.15) is 23.2 Å². The zero-order valence-electron chi connectivity index (χ0n) is 9.24. The molecule has 0 spiro atoms. The average molecular weight is 255 g/mol. The van der Waals surface area contributed by atoms with Crippen LogP contribution in [0.25, 0.3) is 0 Å². The summed E-state index contributed by atoms with van der Waals surface area (Å²) < 4.78 is 13.4. The average Bonchev–Trinajstić information content (AvgIpc) is 3.10. The second-order valence-corrected chi connectivity index (χ2v) is 5.02. The maximum Gasteiger partial charge on any atom is 0.254 e. The minimum atomic E-state index is -0.561. The highest BCUT2D eigenvalue weighted by Crippen LogP contribution is 2.44. The minimum absolute atomic E-state index is 0.00811. The lowest BCUT2D eigenvalue weighted by Crippen LogP contribution is -2.32. The predicted octanol–water partition coefficient (Wildman–Crippen LogP) is 1.62. The summed E-state index contributed by atoms with van der Waals surface area (Å²) in [5.41, 5.74) is -0.184. The van der Waals surface area contributed by atoms with Crippen LogP contribution in [0, 0.1) is 11.2 Å². The van der Waals surface area contributed by atoms with Crippen molar-refractivity contribution in [3.05, 3.63) is 29.6 Å². The van der Waals surface area contributed by atoms with Gasteiger partial charge in [-0.1, -0.05) is 0 Å². The summed E-state index contributed by atoms with van der Waals surface area (Å²) in [5.74, 6) is -1.02. The Morgan fingerprint density at radius 1 is 1.53 bits per heavy atom. The van der Waals surface area contributed by atoms with Crippen molar-refractivity contribution in [2.45, 2.75) is 17.7 Å². The van der Waals surface area contributed by atoms with E-state index in [2.05, 4.69) is 17.9 Å². The topological polar surface area (TPSA) is 49.3 Å². The summed E-state index contributed by atoms with van der Waals surface area (Å²) in [6.07, 6.45) is 1.80. The third-order valence-corrected chi connectivity index (χ3v) is 3.39. The van der Waals surface area contributed by atoms with E-state index in [1.54, 1.807) is 0 Å². The van der Waals surface area contributed by atoms with Crippen LogP contribution in [0.5, 0.6) is 0 Å². The third-order valence-electron chi connectivity index (χ3n) is 3.11. The van der Waals surface area contributed by atoms with E-state index in [0.29, 0.717) is 11.4 Å². The monoisotopic (exact) mass is 255 g/mol. The van der Waals surface area contributed by atoms with Crippen molar-refractivity contribution < 1.29 is 14.3 Å². The third kappa shape index (κ3) is 2.79. The number of hydrogen-bond acceptors (Lipinski definition) is 3. The number of amides is 1. The van der Waals surface area contributed by atoms with Gasteiger partial charge in [0.1, 0.15) is 5.82 Å². The Labute approximate surface area is 104 Å². The van der Waals surface area contributed by atoms with E-state index in [9.17, 15) is 9.18 Å². The van der Waals surface area contributed by atoms with Crippen LogP contribution in [0.4, 0.5) is 4.39 Å². The lowest BCUT2D eigenvalue weighted by Gasteiger charge is -2.13. The van der Waals surface area contributed by atoms with Gasteiger partial charge in [0.05, 0.1) is 12.2 Å². The van der Waals surface area contributed by atoms with E-state index in [4.69, 9.17) is 5.11 Å². The number of halogens is 1. The molecule has 0 heterocycles. The number of hydrogen-bond donors (Lipinski definition) is 3. The smallest absolute Gasteiger partial charge is 0.254 e. The van der Waals surface area contributed by atoms with Crippen molar-refractivity contribution in [3.63, 3.8) is 0 Å². The van der Waals surface area contributed by atoms with Crippen molar-refractivity contribution in [2.24, 2.45) is 5.41 Å². The lowest BCUT2D eigenvalue weighted by atomic mass is 10.1. The molecule has 0 bridgehead atoms. The van der Waals surface area contributed by atoms with Crippen molar-refractivity contribution in [3.8, 4) is 0 Å². The van der Waals surface area contributed by atoms with Crippen LogP contribution < -0.4 is 5.32 Å². The zero-order valence-corrected chi connectivity index (χ0v) is 10.1. The highest BCUT2D eigenvalue weighted by Gasteiger charge is 2.42. The molecule has 1 amide bonds. The van der Waals surface area contributed by atoms with E-state index in [1.165, 1.54) is 18.2 Å². The molecule has 2 rings (SSSR count). The fourth-order valence-electron chi connectivity index (χ4n) is 1.62. The molecular weight excluding hydrogens is 241 g/mol. The molecule has 5 heteroatoms. The van der Waals surface area contributed by atoms with Gasteiger partial charge in [0, 0.05) is 16.9 Å². The highest BCUT2D eigenvalue weighted by molar-refractivity contribution is 7.80. The number of aliphatic hydroxyl groups excluding tert-OH is 1. The van der Waals surface area contributed by atoms with Crippen LogP contribution in [-0.4, -0.2) is 24.2 Å². The fourth-order valence-corrected chi connectivity index (χ4v) is 1.82. The number of carbonyl (C=O) groups excluding carboxylic acids is 1. The number of rotatable bonds is 4. The molecule has 0 aromatic heterocycles. The Morgan fingerprint density at radius 2 is 2.24 bits per heavy atom. The number of benzene rings is 1. The summed E-state index contributed by atoms with van der Waals surface area (Å²) in [5, 5.41) is 11.7. The maximum absolute atomic E-state index is 13.4. The van der Waals surface area contributed by atoms with Crippen LogP contribution >= 0.6 is 12.6 Å². The molecule has 1 aromatic rings. The van der Waals surface area contributed by atoms with Crippen LogP contribution in [0.2, 0.25) is 0 Å². The van der Waals surface area contributed by atoms with Crippen LogP contribution in [0.3, 0.4) is 0 Å². The summed E-state index contributed by atoms with van der Waals surface area (Å²) >= 11 is 4.07. The van der Waals surface area contributed by atoms with Gasteiger partial charge in [-0.3, -0.25) is 4.79 Å². The lowest BCUT2D eigenvalue weighted by molar-refractivity contribution is 0.0931. The molecule has 0 unspecified atom stereocenters. The molecule has 1 fully saturated rings. The second-order valence-electron chi connectivity index (χ2n) is 4.50. The van der Waals surface area contributed by atoms with Crippen molar-refractivity contribution in [1.82, 2.24) is 5.32 Å². The zero-order chi connectivity index (χ0) is 12.5. The van der Waals surface area contributed by atoms with Crippen molar-refractivity contribution >= 4 is 18.5 Å². The van der Waals surface area contributed by atoms with Crippen molar-refractivity contribution in [1.29, 1.82) is 0 Å². The summed E-state index contributed by atoms with van der Waals surface area (Å²) in [6, 6.07) is 4.10. The van der Waals surface area contributed by atoms with E-state index in [1.807, 2.05) is 0 Å². The van der Waals surface area contributed by atoms with Gasteiger partial charge in [0.25, 0.3) is 5.91 Å². The Bertz CT molecular complexity index is 446. The second kappa shape index (κ2) is 4.66. The van der Waals surface area contributed by atoms with Gasteiger partial charge in [0.15, 0.2) is 0 Å². The minimum Gasteiger partial charge on any atom is -0.396 e. The van der Waals surface area contributed by atoms with Gasteiger partial charge < -0.3 is 10.4 Å². The van der Waals surface area contributed by atoms with Gasteiger partial charge in [-0.2, -0.15) is 0 Å². The van der Waals surface area contributed by atoms with Gasteiger partial charge in [-0.15, -0.1) is 12.6 Å². The molecule has 0 atom stereocenters. The van der Waals surface area contributed by atoms with Crippen LogP contribution in [-0.2, 0) is 0 Å². The summed E-state index contributed by atoms with van der Waals surface area (Å²) in [7, 11) is 0. The van der Waals surface area contributed by atoms with E-state index >= 15 is 0 Å². The molecule has 0 radical (unpaired) electrons. The molecule has 1 saturated carbocycles. The first kappa shape index (κ1) is 12.4. The largest absolute Gasteiger partial charge is 0.396 e. The quantitative estimate of drug-likeness (QED) is 0.716. The molecule has 0 saturated heterocycles. The number of nitrogens with one attached hydrogen (secondary N) is 1. The van der Waals surface area contributed by atoms with Gasteiger partial charge in [0.2, 0.25) is 0 Å². The first-order valence-corrected chi connectivity index (χ1v) is 5.89. The standard InChI is InChI=1S/C12H14FNO2S/c13-10-2-1-8(17)5-9(10)11(16)14-6-12(7-15)3-4-12/h1-2,5,15,17H,3-4,6-7H2,(H,14,16). The van der Waals surface area contributed by atoms with E-state index in [0.717, 1.165) is 12.8 Å². The molecule has 2 N–H and O–H groups in total. The highest BCUT2D eigenvalue weighted by atomic mass is 32.1. The van der Waals surface area contributed by atoms with Crippen molar-refractivity contribution in [2.75, 3.05) is 13.2 Å². The van der Waals surface area contributed by atoms with E-state index < -0.39 is 11.7 Å². The summed E-state index contributed by atoms with van der Waals surface area (Å²) in [4.78, 5) is 12.3. The van der Waals surface area contributed by atoms with Gasteiger partial charge in [-0.25, -0.2) is 4.39 Å². The Morgan fingerprint density at radius 3 is 2.82 bits per heavy atom. The Balaban J connectivity index is 2.02. The summed E-state index contributed by atoms with van der Waals surface area (Å²) in [6.45, 7) is 0.445. The molecule has 1 aliphatic carbocycles. The normalized spacial score (nSPS) is 16.6. The van der Waals surface area contributed by atoms with E-state index in [-0.39, 0.29) is 17.6 Å². The van der Waals surface area contributed by atoms with Crippen LogP contribution in [0.15, 0.2) is 23.1 Å². The molecule has 0 aliphatic heterocycles. The van der Waals surface area contributed by atoms with Gasteiger partial charge >= 0.3 is 0 Å². The SMILES string of the molecule is O=C(NCC1(CO)CC1)c1cc(S)ccc1F. The first-order valence-electron chi connectivity index (χ1n) is 5.44. The molecule has 17 heavy (non-hydrogen) atoms. The van der Waals surface area contributed by atoms with Gasteiger partial charge in [-0.05, 0) is 31.0 Å². The Kier molecular flexibility index (Phi) is 3.40. The molecule has 92 valence electrons.